The summed E-state index contributed by atoms with van der Waals surface area (Å²) in [7, 11) is 3.67. The van der Waals surface area contributed by atoms with E-state index in [4.69, 9.17) is 4.74 Å². The van der Waals surface area contributed by atoms with Crippen molar-refractivity contribution in [2.24, 2.45) is 5.92 Å². The number of ether oxygens (including phenoxy) is 1. The fourth-order valence-electron chi connectivity index (χ4n) is 4.08. The van der Waals surface area contributed by atoms with Gasteiger partial charge in [-0.15, -0.1) is 0 Å². The van der Waals surface area contributed by atoms with Crippen LogP contribution in [0.25, 0.3) is 0 Å². The van der Waals surface area contributed by atoms with Gasteiger partial charge in [-0.1, -0.05) is 29.8 Å². The monoisotopic (exact) mass is 273 g/mol. The molecular formula is C17H23NO2. The molecule has 2 bridgehead atoms. The van der Waals surface area contributed by atoms with Gasteiger partial charge in [-0.25, -0.2) is 0 Å². The van der Waals surface area contributed by atoms with E-state index < -0.39 is 0 Å². The van der Waals surface area contributed by atoms with Gasteiger partial charge in [0.05, 0.1) is 13.0 Å². The van der Waals surface area contributed by atoms with E-state index >= 15 is 0 Å². The van der Waals surface area contributed by atoms with Gasteiger partial charge in [-0.2, -0.15) is 0 Å². The largest absolute Gasteiger partial charge is 0.469 e. The number of rotatable bonds is 2. The summed E-state index contributed by atoms with van der Waals surface area (Å²) in [6, 6.07) is 9.61. The van der Waals surface area contributed by atoms with Crippen LogP contribution in [0.4, 0.5) is 0 Å². The number of carbonyl (C=O) groups is 1. The van der Waals surface area contributed by atoms with Crippen molar-refractivity contribution in [1.82, 2.24) is 4.90 Å². The van der Waals surface area contributed by atoms with E-state index in [0.29, 0.717) is 18.0 Å². The molecule has 20 heavy (non-hydrogen) atoms. The summed E-state index contributed by atoms with van der Waals surface area (Å²) in [5.74, 6) is 0.232. The van der Waals surface area contributed by atoms with Crippen LogP contribution >= 0.6 is 0 Å². The van der Waals surface area contributed by atoms with Crippen molar-refractivity contribution in [3.05, 3.63) is 35.4 Å². The zero-order valence-corrected chi connectivity index (χ0v) is 12.5. The molecule has 1 aromatic carbocycles. The summed E-state index contributed by atoms with van der Waals surface area (Å²) in [5, 5.41) is 0. The molecule has 2 heterocycles. The first-order chi connectivity index (χ1) is 9.61. The number of nitrogens with zero attached hydrogens (tertiary/aromatic N) is 1. The molecule has 3 heteroatoms. The molecule has 0 aromatic heterocycles. The van der Waals surface area contributed by atoms with Crippen molar-refractivity contribution >= 4 is 5.97 Å². The number of carbonyl (C=O) groups excluding carboxylic acids is 1. The van der Waals surface area contributed by atoms with Gasteiger partial charge in [-0.3, -0.25) is 9.69 Å². The zero-order valence-electron chi connectivity index (χ0n) is 12.5. The van der Waals surface area contributed by atoms with Crippen molar-refractivity contribution in [3.63, 3.8) is 0 Å². The molecule has 3 rings (SSSR count). The average Bonchev–Trinajstić information content (AvgIpc) is 2.70. The second-order valence-corrected chi connectivity index (χ2v) is 6.27. The highest BCUT2D eigenvalue weighted by molar-refractivity contribution is 5.75. The van der Waals surface area contributed by atoms with Crippen molar-refractivity contribution < 1.29 is 9.53 Å². The van der Waals surface area contributed by atoms with Crippen LogP contribution in [0, 0.1) is 12.8 Å². The quantitative estimate of drug-likeness (QED) is 0.776. The number of fused-ring (bicyclic) bond motifs is 2. The minimum absolute atomic E-state index is 0.0218. The number of benzene rings is 1. The number of esters is 1. The second-order valence-electron chi connectivity index (χ2n) is 6.27. The summed E-state index contributed by atoms with van der Waals surface area (Å²) in [6.45, 7) is 2.10. The van der Waals surface area contributed by atoms with Crippen LogP contribution < -0.4 is 0 Å². The standard InChI is InChI=1S/C17H23NO2/c1-11-4-6-12(7-5-11)14-10-13-8-9-15(18(13)2)16(14)17(19)20-3/h4-7,13-16H,8-10H2,1-3H3/t13-,14-,15+,16+/m0/s1. The number of methoxy groups -OCH3 is 1. The first-order valence-corrected chi connectivity index (χ1v) is 7.48. The highest BCUT2D eigenvalue weighted by Crippen LogP contribution is 2.46. The lowest BCUT2D eigenvalue weighted by atomic mass is 9.76. The summed E-state index contributed by atoms with van der Waals surface area (Å²) in [5.41, 5.74) is 2.55. The Bertz CT molecular complexity index is 496. The normalized spacial score (nSPS) is 33.1. The Morgan fingerprint density at radius 1 is 1.25 bits per heavy atom. The summed E-state index contributed by atoms with van der Waals surface area (Å²) in [6.07, 6.45) is 3.39. The van der Waals surface area contributed by atoms with E-state index in [9.17, 15) is 4.79 Å². The van der Waals surface area contributed by atoms with Gasteiger partial charge in [0.2, 0.25) is 0 Å². The molecule has 0 amide bonds. The van der Waals surface area contributed by atoms with Crippen LogP contribution in [0.1, 0.15) is 36.3 Å². The molecular weight excluding hydrogens is 250 g/mol. The maximum atomic E-state index is 12.3. The van der Waals surface area contributed by atoms with Gasteiger partial charge in [0, 0.05) is 18.0 Å². The third kappa shape index (κ3) is 2.14. The predicted octanol–water partition coefficient (Wildman–Crippen LogP) is 2.73. The Balaban J connectivity index is 1.95. The van der Waals surface area contributed by atoms with Gasteiger partial charge in [-0.05, 0) is 38.8 Å². The maximum Gasteiger partial charge on any atom is 0.310 e. The topological polar surface area (TPSA) is 29.5 Å². The minimum atomic E-state index is -0.0484. The first kappa shape index (κ1) is 13.6. The van der Waals surface area contributed by atoms with Crippen molar-refractivity contribution in [2.45, 2.75) is 44.2 Å². The van der Waals surface area contributed by atoms with Crippen molar-refractivity contribution in [3.8, 4) is 0 Å². The van der Waals surface area contributed by atoms with E-state index in [2.05, 4.69) is 43.1 Å². The number of hydrogen-bond donors (Lipinski definition) is 0. The van der Waals surface area contributed by atoms with Gasteiger partial charge in [0.1, 0.15) is 0 Å². The molecule has 0 spiro atoms. The number of aryl methyl sites for hydroxylation is 1. The van der Waals surface area contributed by atoms with Gasteiger partial charge < -0.3 is 4.74 Å². The molecule has 1 aromatic rings. The minimum Gasteiger partial charge on any atom is -0.469 e. The Hall–Kier alpha value is -1.35. The molecule has 0 aliphatic carbocycles. The number of piperidine rings is 1. The lowest BCUT2D eigenvalue weighted by Gasteiger charge is -2.41. The number of hydrogen-bond acceptors (Lipinski definition) is 3. The molecule has 2 saturated heterocycles. The first-order valence-electron chi connectivity index (χ1n) is 7.48. The fraction of sp³-hybridized carbons (Fsp3) is 0.588. The van der Waals surface area contributed by atoms with Crippen molar-refractivity contribution in [2.75, 3.05) is 14.2 Å². The maximum absolute atomic E-state index is 12.3. The van der Waals surface area contributed by atoms with E-state index in [0.717, 1.165) is 12.8 Å². The van der Waals surface area contributed by atoms with Crippen LogP contribution in [-0.2, 0) is 9.53 Å². The molecule has 108 valence electrons. The summed E-state index contributed by atoms with van der Waals surface area (Å²) >= 11 is 0. The Labute approximate surface area is 120 Å². The summed E-state index contributed by atoms with van der Waals surface area (Å²) in [4.78, 5) is 14.7. The van der Waals surface area contributed by atoms with Crippen LogP contribution in [0.2, 0.25) is 0 Å². The highest BCUT2D eigenvalue weighted by atomic mass is 16.5. The Morgan fingerprint density at radius 2 is 1.95 bits per heavy atom. The molecule has 2 fully saturated rings. The van der Waals surface area contributed by atoms with E-state index in [1.54, 1.807) is 0 Å². The van der Waals surface area contributed by atoms with Crippen LogP contribution in [0.3, 0.4) is 0 Å². The smallest absolute Gasteiger partial charge is 0.310 e. The molecule has 0 radical (unpaired) electrons. The lowest BCUT2D eigenvalue weighted by Crippen LogP contribution is -2.49. The molecule has 4 atom stereocenters. The lowest BCUT2D eigenvalue weighted by molar-refractivity contribution is -0.150. The molecule has 2 aliphatic rings. The van der Waals surface area contributed by atoms with Crippen LogP contribution in [0.15, 0.2) is 24.3 Å². The predicted molar refractivity (Wildman–Crippen MR) is 78.6 cm³/mol. The molecule has 0 N–H and O–H groups in total. The summed E-state index contributed by atoms with van der Waals surface area (Å²) < 4.78 is 5.10. The van der Waals surface area contributed by atoms with E-state index in [-0.39, 0.29) is 11.9 Å². The molecule has 0 saturated carbocycles. The fourth-order valence-corrected chi connectivity index (χ4v) is 4.08. The van der Waals surface area contributed by atoms with Crippen molar-refractivity contribution in [1.29, 1.82) is 0 Å². The van der Waals surface area contributed by atoms with Crippen LogP contribution in [0.5, 0.6) is 0 Å². The van der Waals surface area contributed by atoms with Gasteiger partial charge >= 0.3 is 5.97 Å². The Kier molecular flexibility index (Phi) is 3.55. The molecule has 2 aliphatic heterocycles. The zero-order chi connectivity index (χ0) is 14.3. The van der Waals surface area contributed by atoms with Crippen LogP contribution in [-0.4, -0.2) is 37.1 Å². The van der Waals surface area contributed by atoms with Gasteiger partial charge in [0.15, 0.2) is 0 Å². The Morgan fingerprint density at radius 3 is 2.60 bits per heavy atom. The molecule has 0 unspecified atom stereocenters. The second kappa shape index (κ2) is 5.21. The van der Waals surface area contributed by atoms with E-state index in [1.165, 1.54) is 24.7 Å². The average molecular weight is 273 g/mol. The van der Waals surface area contributed by atoms with Gasteiger partial charge in [0.25, 0.3) is 0 Å². The third-order valence-electron chi connectivity index (χ3n) is 5.25. The third-order valence-corrected chi connectivity index (χ3v) is 5.25. The highest BCUT2D eigenvalue weighted by Gasteiger charge is 2.49. The van der Waals surface area contributed by atoms with E-state index in [1.807, 2.05) is 0 Å². The molecule has 3 nitrogen and oxygen atoms in total. The SMILES string of the molecule is COC(=O)[C@H]1[C@H]2CC[C@@H](C[C@H]1c1ccc(C)cc1)N2C.